The molecule has 0 fully saturated rings. The molecule has 0 radical (unpaired) electrons. The van der Waals surface area contributed by atoms with Gasteiger partial charge in [-0.2, -0.15) is 0 Å². The summed E-state index contributed by atoms with van der Waals surface area (Å²) in [5, 5.41) is 0.668. The van der Waals surface area contributed by atoms with E-state index in [0.717, 1.165) is 23.4 Å². The number of carbonyl (C=O) groups is 3. The number of nitrogens with zero attached hydrogens (tertiary/aromatic N) is 3. The SMILES string of the molecule is CCSc1cc(C(=O)c2cn(C(C)=O)c(=O)n2C(C)=O)ccn1. The molecule has 0 aromatic carbocycles. The van der Waals surface area contributed by atoms with Crippen molar-refractivity contribution in [2.45, 2.75) is 25.8 Å². The molecule has 0 amide bonds. The van der Waals surface area contributed by atoms with Gasteiger partial charge in [-0.3, -0.25) is 14.4 Å². The summed E-state index contributed by atoms with van der Waals surface area (Å²) in [5.74, 6) is -0.919. The quantitative estimate of drug-likeness (QED) is 0.625. The van der Waals surface area contributed by atoms with Gasteiger partial charge < -0.3 is 0 Å². The second kappa shape index (κ2) is 6.74. The zero-order chi connectivity index (χ0) is 17.1. The fourth-order valence-electron chi connectivity index (χ4n) is 2.06. The molecule has 23 heavy (non-hydrogen) atoms. The van der Waals surface area contributed by atoms with Gasteiger partial charge >= 0.3 is 5.69 Å². The average Bonchev–Trinajstić information content (AvgIpc) is 2.85. The standard InChI is InChI=1S/C15H15N3O4S/c1-4-23-13-7-11(5-6-16-13)14(21)12-8-17(9(2)19)15(22)18(12)10(3)20/h5-8H,4H2,1-3H3. The second-order valence-electron chi connectivity index (χ2n) is 4.69. The maximum absolute atomic E-state index is 12.6. The molecule has 0 aliphatic rings. The number of hydrogen-bond acceptors (Lipinski definition) is 6. The number of thioether (sulfide) groups is 1. The fourth-order valence-corrected chi connectivity index (χ4v) is 2.70. The van der Waals surface area contributed by atoms with E-state index in [2.05, 4.69) is 4.98 Å². The van der Waals surface area contributed by atoms with Crippen LogP contribution in [0.5, 0.6) is 0 Å². The first-order valence-corrected chi connectivity index (χ1v) is 7.85. The van der Waals surface area contributed by atoms with Crippen molar-refractivity contribution >= 4 is 29.4 Å². The molecule has 0 N–H and O–H groups in total. The first kappa shape index (κ1) is 16.9. The Hall–Kier alpha value is -2.48. The minimum Gasteiger partial charge on any atom is -0.287 e. The Morgan fingerprint density at radius 2 is 1.91 bits per heavy atom. The highest BCUT2D eigenvalue weighted by Crippen LogP contribution is 2.17. The predicted molar refractivity (Wildman–Crippen MR) is 85.4 cm³/mol. The highest BCUT2D eigenvalue weighted by molar-refractivity contribution is 7.99. The minimum absolute atomic E-state index is 0.142. The van der Waals surface area contributed by atoms with Crippen LogP contribution in [0.3, 0.4) is 0 Å². The van der Waals surface area contributed by atoms with Gasteiger partial charge in [0.05, 0.1) is 5.03 Å². The molecule has 0 bridgehead atoms. The van der Waals surface area contributed by atoms with Crippen molar-refractivity contribution in [2.75, 3.05) is 5.75 Å². The van der Waals surface area contributed by atoms with Crippen molar-refractivity contribution in [3.63, 3.8) is 0 Å². The number of aromatic nitrogens is 3. The Balaban J connectivity index is 2.57. The van der Waals surface area contributed by atoms with E-state index in [1.807, 2.05) is 6.92 Å². The number of rotatable bonds is 4. The molecule has 0 spiro atoms. The zero-order valence-electron chi connectivity index (χ0n) is 12.9. The molecule has 0 atom stereocenters. The molecule has 120 valence electrons. The lowest BCUT2D eigenvalue weighted by molar-refractivity contribution is 0.0905. The fraction of sp³-hybridized carbons (Fsp3) is 0.267. The summed E-state index contributed by atoms with van der Waals surface area (Å²) >= 11 is 1.47. The van der Waals surface area contributed by atoms with Crippen LogP contribution in [-0.4, -0.2) is 37.5 Å². The molecule has 2 aromatic rings. The van der Waals surface area contributed by atoms with E-state index >= 15 is 0 Å². The molecule has 8 heteroatoms. The first-order chi connectivity index (χ1) is 10.9. The van der Waals surface area contributed by atoms with Gasteiger partial charge in [0.15, 0.2) is 0 Å². The van der Waals surface area contributed by atoms with Crippen molar-refractivity contribution in [2.24, 2.45) is 0 Å². The van der Waals surface area contributed by atoms with Crippen LogP contribution in [0.15, 0.2) is 34.3 Å². The Morgan fingerprint density at radius 1 is 1.22 bits per heavy atom. The van der Waals surface area contributed by atoms with Gasteiger partial charge in [-0.15, -0.1) is 11.8 Å². The lowest BCUT2D eigenvalue weighted by atomic mass is 10.1. The number of hydrogen-bond donors (Lipinski definition) is 0. The largest absolute Gasteiger partial charge is 0.342 e. The topological polar surface area (TPSA) is 91.0 Å². The number of ketones is 1. The van der Waals surface area contributed by atoms with Crippen molar-refractivity contribution in [3.8, 4) is 0 Å². The van der Waals surface area contributed by atoms with Gasteiger partial charge in [0.1, 0.15) is 5.69 Å². The summed E-state index contributed by atoms with van der Waals surface area (Å²) in [5.41, 5.74) is -0.687. The number of pyridine rings is 1. The third-order valence-corrected chi connectivity index (χ3v) is 3.87. The molecule has 2 heterocycles. The number of imidazole rings is 1. The van der Waals surface area contributed by atoms with Crippen LogP contribution >= 0.6 is 11.8 Å². The summed E-state index contributed by atoms with van der Waals surface area (Å²) in [4.78, 5) is 52.0. The zero-order valence-corrected chi connectivity index (χ0v) is 13.7. The Bertz CT molecular complexity index is 851. The molecule has 0 aliphatic heterocycles. The molecular weight excluding hydrogens is 318 g/mol. The van der Waals surface area contributed by atoms with E-state index in [4.69, 9.17) is 0 Å². The Labute approximate surface area is 136 Å². The minimum atomic E-state index is -0.842. The van der Waals surface area contributed by atoms with Crippen molar-refractivity contribution in [3.05, 3.63) is 46.3 Å². The molecule has 0 unspecified atom stereocenters. The van der Waals surface area contributed by atoms with Crippen molar-refractivity contribution < 1.29 is 14.4 Å². The van der Waals surface area contributed by atoms with E-state index < -0.39 is 23.3 Å². The van der Waals surface area contributed by atoms with Crippen LogP contribution in [0.4, 0.5) is 0 Å². The van der Waals surface area contributed by atoms with Crippen LogP contribution in [0.1, 0.15) is 46.4 Å². The van der Waals surface area contributed by atoms with E-state index in [0.29, 0.717) is 15.2 Å². The van der Waals surface area contributed by atoms with Gasteiger partial charge in [-0.05, 0) is 17.9 Å². The van der Waals surface area contributed by atoms with Crippen molar-refractivity contribution in [1.82, 2.24) is 14.1 Å². The molecule has 7 nitrogen and oxygen atoms in total. The Kier molecular flexibility index (Phi) is 4.95. The normalized spacial score (nSPS) is 10.6. The molecule has 0 aliphatic carbocycles. The highest BCUT2D eigenvalue weighted by Gasteiger charge is 2.23. The first-order valence-electron chi connectivity index (χ1n) is 6.86. The molecule has 2 rings (SSSR count). The van der Waals surface area contributed by atoms with Gasteiger partial charge in [0.25, 0.3) is 0 Å². The molecule has 2 aromatic heterocycles. The van der Waals surface area contributed by atoms with Crippen LogP contribution in [-0.2, 0) is 0 Å². The summed E-state index contributed by atoms with van der Waals surface area (Å²) in [7, 11) is 0. The summed E-state index contributed by atoms with van der Waals surface area (Å²) in [6, 6.07) is 3.10. The maximum atomic E-state index is 12.6. The Morgan fingerprint density at radius 3 is 2.48 bits per heavy atom. The molecular formula is C15H15N3O4S. The van der Waals surface area contributed by atoms with Gasteiger partial charge in [0, 0.05) is 31.8 Å². The smallest absolute Gasteiger partial charge is 0.287 e. The third-order valence-electron chi connectivity index (χ3n) is 3.07. The second-order valence-corrected chi connectivity index (χ2v) is 5.97. The van der Waals surface area contributed by atoms with Crippen LogP contribution < -0.4 is 5.69 Å². The van der Waals surface area contributed by atoms with E-state index in [1.54, 1.807) is 6.07 Å². The monoisotopic (exact) mass is 333 g/mol. The summed E-state index contributed by atoms with van der Waals surface area (Å²) < 4.78 is 1.45. The van der Waals surface area contributed by atoms with Crippen molar-refractivity contribution in [1.29, 1.82) is 0 Å². The predicted octanol–water partition coefficient (Wildman–Crippen LogP) is 1.71. The van der Waals surface area contributed by atoms with Crippen LogP contribution in [0.25, 0.3) is 0 Å². The number of carbonyl (C=O) groups excluding carboxylic acids is 3. The average molecular weight is 333 g/mol. The van der Waals surface area contributed by atoms with E-state index in [9.17, 15) is 19.2 Å². The summed E-state index contributed by atoms with van der Waals surface area (Å²) in [6.45, 7) is 4.30. The molecule has 0 saturated carbocycles. The molecule has 0 saturated heterocycles. The third kappa shape index (κ3) is 3.31. The van der Waals surface area contributed by atoms with Gasteiger partial charge in [0.2, 0.25) is 17.6 Å². The van der Waals surface area contributed by atoms with Gasteiger partial charge in [-0.1, -0.05) is 6.92 Å². The van der Waals surface area contributed by atoms with E-state index in [1.165, 1.54) is 30.9 Å². The van der Waals surface area contributed by atoms with Gasteiger partial charge in [-0.25, -0.2) is 18.9 Å². The lowest BCUT2D eigenvalue weighted by Gasteiger charge is -2.04. The lowest BCUT2D eigenvalue weighted by Crippen LogP contribution is -2.31. The highest BCUT2D eigenvalue weighted by atomic mass is 32.2. The maximum Gasteiger partial charge on any atom is 0.342 e. The van der Waals surface area contributed by atoms with Crippen LogP contribution in [0, 0.1) is 0 Å². The van der Waals surface area contributed by atoms with Crippen LogP contribution in [0.2, 0.25) is 0 Å². The summed E-state index contributed by atoms with van der Waals surface area (Å²) in [6.07, 6.45) is 2.59. The van der Waals surface area contributed by atoms with E-state index in [-0.39, 0.29) is 5.69 Å².